The van der Waals surface area contributed by atoms with Crippen molar-refractivity contribution in [3.63, 3.8) is 0 Å². The zero-order valence-electron chi connectivity index (χ0n) is 10.7. The third-order valence-electron chi connectivity index (χ3n) is 2.72. The third kappa shape index (κ3) is 6.55. The quantitative estimate of drug-likeness (QED) is 0.701. The van der Waals surface area contributed by atoms with E-state index < -0.39 is 0 Å². The van der Waals surface area contributed by atoms with Crippen molar-refractivity contribution in [1.29, 1.82) is 0 Å². The zero-order valence-corrected chi connectivity index (χ0v) is 13.1. The smallest absolute Gasteiger partial charge is 0.0587 e. The number of methoxy groups -OCH3 is 1. The Bertz CT molecular complexity index is 303. The first kappa shape index (κ1) is 15.2. The van der Waals surface area contributed by atoms with Gasteiger partial charge in [-0.05, 0) is 47.3 Å². The average molecular weight is 320 g/mol. The Morgan fingerprint density at radius 1 is 1.53 bits per heavy atom. The maximum absolute atomic E-state index is 5.04. The van der Waals surface area contributed by atoms with Crippen molar-refractivity contribution in [2.75, 3.05) is 26.8 Å². The molecule has 0 aliphatic heterocycles. The topological polar surface area (TPSA) is 21.3 Å². The highest BCUT2D eigenvalue weighted by molar-refractivity contribution is 9.10. The molecule has 0 saturated heterocycles. The number of hydrogen-bond donors (Lipinski definition) is 1. The van der Waals surface area contributed by atoms with Gasteiger partial charge in [-0.2, -0.15) is 0 Å². The van der Waals surface area contributed by atoms with Gasteiger partial charge in [0.1, 0.15) is 0 Å². The standard InChI is InChI=1S/C13H22BrNOS/c1-3-4-11(9-15-5-6-16-2)7-13-8-12(14)10-17-13/h8,10-11,15H,3-7,9H2,1-2H3. The van der Waals surface area contributed by atoms with Crippen LogP contribution in [0.1, 0.15) is 24.6 Å². The second-order valence-corrected chi connectivity index (χ2v) is 6.20. The summed E-state index contributed by atoms with van der Waals surface area (Å²) in [5.41, 5.74) is 0. The van der Waals surface area contributed by atoms with Crippen LogP contribution in [0.3, 0.4) is 0 Å². The lowest BCUT2D eigenvalue weighted by atomic mass is 9.99. The first-order valence-corrected chi connectivity index (χ1v) is 7.86. The molecule has 98 valence electrons. The van der Waals surface area contributed by atoms with Gasteiger partial charge < -0.3 is 10.1 Å². The van der Waals surface area contributed by atoms with E-state index in [1.807, 2.05) is 11.3 Å². The number of hydrogen-bond acceptors (Lipinski definition) is 3. The number of ether oxygens (including phenoxy) is 1. The molecule has 1 aromatic rings. The predicted molar refractivity (Wildman–Crippen MR) is 78.9 cm³/mol. The van der Waals surface area contributed by atoms with Crippen molar-refractivity contribution in [2.45, 2.75) is 26.2 Å². The molecular formula is C13H22BrNOS. The van der Waals surface area contributed by atoms with E-state index in [2.05, 4.69) is 39.6 Å². The normalized spacial score (nSPS) is 12.9. The summed E-state index contributed by atoms with van der Waals surface area (Å²) in [6, 6.07) is 2.24. The van der Waals surface area contributed by atoms with E-state index >= 15 is 0 Å². The molecule has 1 N–H and O–H groups in total. The van der Waals surface area contributed by atoms with Gasteiger partial charge in [-0.15, -0.1) is 11.3 Å². The lowest BCUT2D eigenvalue weighted by molar-refractivity contribution is 0.197. The van der Waals surface area contributed by atoms with Crippen LogP contribution in [-0.4, -0.2) is 26.8 Å². The molecule has 17 heavy (non-hydrogen) atoms. The van der Waals surface area contributed by atoms with Crippen LogP contribution < -0.4 is 5.32 Å². The molecule has 0 spiro atoms. The SMILES string of the molecule is CCCC(CNCCOC)Cc1cc(Br)cs1. The summed E-state index contributed by atoms with van der Waals surface area (Å²) in [5.74, 6) is 0.738. The molecule has 0 aliphatic carbocycles. The van der Waals surface area contributed by atoms with Gasteiger partial charge in [0.05, 0.1) is 6.61 Å². The van der Waals surface area contributed by atoms with E-state index in [4.69, 9.17) is 4.74 Å². The monoisotopic (exact) mass is 319 g/mol. The van der Waals surface area contributed by atoms with E-state index in [0.29, 0.717) is 0 Å². The fourth-order valence-electron chi connectivity index (χ4n) is 1.91. The van der Waals surface area contributed by atoms with E-state index in [-0.39, 0.29) is 0 Å². The Labute approximate surface area is 117 Å². The van der Waals surface area contributed by atoms with Crippen molar-refractivity contribution in [3.05, 3.63) is 20.8 Å². The van der Waals surface area contributed by atoms with Crippen LogP contribution in [0.25, 0.3) is 0 Å². The molecule has 0 bridgehead atoms. The molecule has 1 unspecified atom stereocenters. The Hall–Kier alpha value is 0.1000. The summed E-state index contributed by atoms with van der Waals surface area (Å²) < 4.78 is 6.25. The molecule has 0 aliphatic rings. The van der Waals surface area contributed by atoms with Gasteiger partial charge in [0.2, 0.25) is 0 Å². The van der Waals surface area contributed by atoms with Crippen molar-refractivity contribution in [1.82, 2.24) is 5.32 Å². The molecule has 0 radical (unpaired) electrons. The van der Waals surface area contributed by atoms with Gasteiger partial charge in [-0.25, -0.2) is 0 Å². The summed E-state index contributed by atoms with van der Waals surface area (Å²) in [6.07, 6.45) is 3.72. The molecular weight excluding hydrogens is 298 g/mol. The van der Waals surface area contributed by atoms with Crippen molar-refractivity contribution in [2.24, 2.45) is 5.92 Å². The van der Waals surface area contributed by atoms with Gasteiger partial charge in [-0.1, -0.05) is 13.3 Å². The molecule has 1 heterocycles. The highest BCUT2D eigenvalue weighted by Gasteiger charge is 2.10. The Morgan fingerprint density at radius 3 is 2.94 bits per heavy atom. The van der Waals surface area contributed by atoms with Crippen LogP contribution in [0.2, 0.25) is 0 Å². The van der Waals surface area contributed by atoms with Crippen molar-refractivity contribution in [3.8, 4) is 0 Å². The summed E-state index contributed by atoms with van der Waals surface area (Å²) in [6.45, 7) is 5.09. The molecule has 1 aromatic heterocycles. The van der Waals surface area contributed by atoms with Crippen LogP contribution in [0.15, 0.2) is 15.9 Å². The van der Waals surface area contributed by atoms with E-state index in [9.17, 15) is 0 Å². The maximum Gasteiger partial charge on any atom is 0.0587 e. The molecule has 1 atom stereocenters. The number of thiophene rings is 1. The highest BCUT2D eigenvalue weighted by Crippen LogP contribution is 2.23. The van der Waals surface area contributed by atoms with Gasteiger partial charge in [0.15, 0.2) is 0 Å². The molecule has 4 heteroatoms. The number of nitrogens with one attached hydrogen (secondary N) is 1. The summed E-state index contributed by atoms with van der Waals surface area (Å²) in [4.78, 5) is 1.48. The second kappa shape index (κ2) is 9.09. The molecule has 1 rings (SSSR count). The lowest BCUT2D eigenvalue weighted by Crippen LogP contribution is -2.27. The summed E-state index contributed by atoms with van der Waals surface area (Å²) in [7, 11) is 1.74. The Kier molecular flexibility index (Phi) is 8.10. The fraction of sp³-hybridized carbons (Fsp3) is 0.692. The van der Waals surface area contributed by atoms with Crippen LogP contribution in [-0.2, 0) is 11.2 Å². The molecule has 2 nitrogen and oxygen atoms in total. The minimum absolute atomic E-state index is 0.738. The van der Waals surface area contributed by atoms with Crippen LogP contribution in [0, 0.1) is 5.92 Å². The lowest BCUT2D eigenvalue weighted by Gasteiger charge is -2.16. The molecule has 0 aromatic carbocycles. The molecule has 0 fully saturated rings. The minimum atomic E-state index is 0.738. The number of halogens is 1. The number of rotatable bonds is 9. The average Bonchev–Trinajstić information content (AvgIpc) is 2.70. The highest BCUT2D eigenvalue weighted by atomic mass is 79.9. The van der Waals surface area contributed by atoms with E-state index in [1.165, 1.54) is 28.6 Å². The van der Waals surface area contributed by atoms with Gasteiger partial charge in [-0.3, -0.25) is 0 Å². The maximum atomic E-state index is 5.04. The van der Waals surface area contributed by atoms with Gasteiger partial charge in [0.25, 0.3) is 0 Å². The fourth-order valence-corrected chi connectivity index (χ4v) is 3.48. The van der Waals surface area contributed by atoms with Crippen molar-refractivity contribution >= 4 is 27.3 Å². The first-order valence-electron chi connectivity index (χ1n) is 6.18. The van der Waals surface area contributed by atoms with Crippen LogP contribution in [0.5, 0.6) is 0 Å². The van der Waals surface area contributed by atoms with E-state index in [0.717, 1.165) is 25.6 Å². The Morgan fingerprint density at radius 2 is 2.35 bits per heavy atom. The first-order chi connectivity index (χ1) is 8.26. The minimum Gasteiger partial charge on any atom is -0.383 e. The third-order valence-corrected chi connectivity index (χ3v) is 4.44. The van der Waals surface area contributed by atoms with Crippen molar-refractivity contribution < 1.29 is 4.74 Å². The van der Waals surface area contributed by atoms with Crippen LogP contribution >= 0.6 is 27.3 Å². The molecule has 0 amide bonds. The molecule has 0 saturated carbocycles. The van der Waals surface area contributed by atoms with Gasteiger partial charge >= 0.3 is 0 Å². The predicted octanol–water partition coefficient (Wildman–Crippen LogP) is 3.71. The Balaban J connectivity index is 2.32. The summed E-state index contributed by atoms with van der Waals surface area (Å²) in [5, 5.41) is 5.63. The van der Waals surface area contributed by atoms with Gasteiger partial charge in [0, 0.05) is 28.4 Å². The van der Waals surface area contributed by atoms with Crippen LogP contribution in [0.4, 0.5) is 0 Å². The van der Waals surface area contributed by atoms with E-state index in [1.54, 1.807) is 7.11 Å². The second-order valence-electron chi connectivity index (χ2n) is 4.29. The largest absolute Gasteiger partial charge is 0.383 e. The zero-order chi connectivity index (χ0) is 12.5. The summed E-state index contributed by atoms with van der Waals surface area (Å²) >= 11 is 5.36.